The van der Waals surface area contributed by atoms with Gasteiger partial charge < -0.3 is 0 Å². The quantitative estimate of drug-likeness (QED) is 0.533. The van der Waals surface area contributed by atoms with Gasteiger partial charge in [0.2, 0.25) is 0 Å². The minimum absolute atomic E-state index is 0. The Kier molecular flexibility index (Phi) is 24.8. The molecule has 0 amide bonds. The fourth-order valence-corrected chi connectivity index (χ4v) is 1.19. The van der Waals surface area contributed by atoms with Crippen molar-refractivity contribution in [2.24, 2.45) is 5.92 Å². The van der Waals surface area contributed by atoms with Crippen LogP contribution in [0.25, 0.3) is 0 Å². The van der Waals surface area contributed by atoms with Gasteiger partial charge in [-0.2, -0.15) is 0 Å². The van der Waals surface area contributed by atoms with Crippen LogP contribution in [0.4, 0.5) is 0 Å². The van der Waals surface area contributed by atoms with Crippen molar-refractivity contribution in [3.05, 3.63) is 0 Å². The van der Waals surface area contributed by atoms with E-state index in [1.54, 1.807) is 0 Å². The Morgan fingerprint density at radius 3 is 1.83 bits per heavy atom. The maximum absolute atomic E-state index is 4.00. The number of rotatable bonds is 5. The molecule has 74 valence electrons. The molecule has 0 aliphatic rings. The topological polar surface area (TPSA) is 0 Å². The minimum atomic E-state index is 0. The third-order valence-corrected chi connectivity index (χ3v) is 1.83. The predicted octanol–water partition coefficient (Wildman–Crippen LogP) is 4.50. The van der Waals surface area contributed by atoms with Crippen molar-refractivity contribution >= 4 is 0 Å². The van der Waals surface area contributed by atoms with E-state index in [0.29, 0.717) is 0 Å². The van der Waals surface area contributed by atoms with Crippen molar-refractivity contribution < 1.29 is 0 Å². The number of hydrogen-bond acceptors (Lipinski definition) is 0. The standard InChI is InChI=1S/C9H20.C2H2.CH4/c1-4-6-8-9(3)7-5-2;1-2;/h9H,4-8H2,1-3H3;1-2H;1H4. The molecule has 0 aromatic heterocycles. The van der Waals surface area contributed by atoms with Crippen molar-refractivity contribution in [3.8, 4) is 12.8 Å². The normalized spacial score (nSPS) is 10.4. The highest BCUT2D eigenvalue weighted by molar-refractivity contribution is 4.50. The van der Waals surface area contributed by atoms with Gasteiger partial charge in [0.15, 0.2) is 0 Å². The fraction of sp³-hybridized carbons (Fsp3) is 0.833. The molecule has 0 aliphatic carbocycles. The Morgan fingerprint density at radius 2 is 1.50 bits per heavy atom. The van der Waals surface area contributed by atoms with E-state index in [4.69, 9.17) is 0 Å². The second kappa shape index (κ2) is 16.9. The Hall–Kier alpha value is -0.440. The van der Waals surface area contributed by atoms with Crippen LogP contribution in [0.3, 0.4) is 0 Å². The van der Waals surface area contributed by atoms with E-state index in [1.807, 2.05) is 0 Å². The average molecular weight is 170 g/mol. The summed E-state index contributed by atoms with van der Waals surface area (Å²) in [6.07, 6.45) is 15.0. The molecule has 0 bridgehead atoms. The van der Waals surface area contributed by atoms with E-state index in [2.05, 4.69) is 33.6 Å². The lowest BCUT2D eigenvalue weighted by molar-refractivity contribution is 0.466. The maximum atomic E-state index is 4.00. The second-order valence-corrected chi connectivity index (χ2v) is 3.04. The summed E-state index contributed by atoms with van der Waals surface area (Å²) in [7, 11) is 0. The van der Waals surface area contributed by atoms with Crippen LogP contribution in [0.15, 0.2) is 0 Å². The van der Waals surface area contributed by atoms with Gasteiger partial charge in [0.1, 0.15) is 0 Å². The van der Waals surface area contributed by atoms with Crippen LogP contribution in [0.5, 0.6) is 0 Å². The van der Waals surface area contributed by atoms with Gasteiger partial charge >= 0.3 is 0 Å². The van der Waals surface area contributed by atoms with Crippen molar-refractivity contribution in [1.82, 2.24) is 0 Å². The lowest BCUT2D eigenvalue weighted by Crippen LogP contribution is -1.92. The summed E-state index contributed by atoms with van der Waals surface area (Å²) in [6.45, 7) is 6.89. The first-order valence-corrected chi connectivity index (χ1v) is 4.64. The van der Waals surface area contributed by atoms with Gasteiger partial charge in [-0.15, -0.1) is 12.8 Å². The Balaban J connectivity index is -0.000000249. The molecule has 0 saturated heterocycles. The van der Waals surface area contributed by atoms with Crippen LogP contribution >= 0.6 is 0 Å². The second-order valence-electron chi connectivity index (χ2n) is 3.04. The van der Waals surface area contributed by atoms with Crippen LogP contribution in [-0.4, -0.2) is 0 Å². The van der Waals surface area contributed by atoms with Crippen LogP contribution in [0.2, 0.25) is 0 Å². The molecular formula is C12H26. The van der Waals surface area contributed by atoms with Gasteiger partial charge in [-0.05, 0) is 5.92 Å². The monoisotopic (exact) mass is 170 g/mol. The molecule has 0 heteroatoms. The zero-order chi connectivity index (χ0) is 9.11. The lowest BCUT2D eigenvalue weighted by Gasteiger charge is -2.07. The smallest absolute Gasteiger partial charge is 0.0443 e. The number of terminal acetylenes is 1. The molecule has 0 spiro atoms. The average Bonchev–Trinajstić information content (AvgIpc) is 2.05. The molecule has 0 aliphatic heterocycles. The Morgan fingerprint density at radius 1 is 1.00 bits per heavy atom. The third-order valence-electron chi connectivity index (χ3n) is 1.83. The fourth-order valence-electron chi connectivity index (χ4n) is 1.19. The molecule has 0 aromatic carbocycles. The van der Waals surface area contributed by atoms with Gasteiger partial charge in [0.05, 0.1) is 0 Å². The third kappa shape index (κ3) is 16.3. The highest BCUT2D eigenvalue weighted by Crippen LogP contribution is 2.12. The zero-order valence-electron chi connectivity index (χ0n) is 8.27. The van der Waals surface area contributed by atoms with Crippen molar-refractivity contribution in [2.75, 3.05) is 0 Å². The largest absolute Gasteiger partial charge is 0.124 e. The molecule has 0 aromatic rings. The first-order valence-electron chi connectivity index (χ1n) is 4.64. The molecule has 0 fully saturated rings. The van der Waals surface area contributed by atoms with E-state index in [1.165, 1.54) is 32.1 Å². The van der Waals surface area contributed by atoms with Gasteiger partial charge in [-0.1, -0.05) is 60.3 Å². The van der Waals surface area contributed by atoms with Gasteiger partial charge in [-0.25, -0.2) is 0 Å². The Bertz CT molecular complexity index is 71.4. The summed E-state index contributed by atoms with van der Waals surface area (Å²) in [6, 6.07) is 0. The molecule has 1 unspecified atom stereocenters. The van der Waals surface area contributed by atoms with Gasteiger partial charge in [-0.3, -0.25) is 0 Å². The van der Waals surface area contributed by atoms with Gasteiger partial charge in [0, 0.05) is 0 Å². The van der Waals surface area contributed by atoms with Crippen molar-refractivity contribution in [1.29, 1.82) is 0 Å². The predicted molar refractivity (Wildman–Crippen MR) is 60.2 cm³/mol. The summed E-state index contributed by atoms with van der Waals surface area (Å²) >= 11 is 0. The lowest BCUT2D eigenvalue weighted by atomic mass is 10.00. The molecular weight excluding hydrogens is 144 g/mol. The summed E-state index contributed by atoms with van der Waals surface area (Å²) < 4.78 is 0. The SMILES string of the molecule is C.C#C.CCCCC(C)CCC. The molecule has 0 rings (SSSR count). The van der Waals surface area contributed by atoms with E-state index < -0.39 is 0 Å². The summed E-state index contributed by atoms with van der Waals surface area (Å²) in [5.74, 6) is 0.968. The Labute approximate surface area is 79.8 Å². The summed E-state index contributed by atoms with van der Waals surface area (Å²) in [5, 5.41) is 0. The highest BCUT2D eigenvalue weighted by atomic mass is 14.0. The summed E-state index contributed by atoms with van der Waals surface area (Å²) in [4.78, 5) is 0. The molecule has 12 heavy (non-hydrogen) atoms. The molecule has 0 radical (unpaired) electrons. The van der Waals surface area contributed by atoms with E-state index in [-0.39, 0.29) is 7.43 Å². The zero-order valence-corrected chi connectivity index (χ0v) is 8.27. The highest BCUT2D eigenvalue weighted by Gasteiger charge is 1.97. The molecule has 0 nitrogen and oxygen atoms in total. The van der Waals surface area contributed by atoms with E-state index >= 15 is 0 Å². The van der Waals surface area contributed by atoms with Crippen LogP contribution < -0.4 is 0 Å². The minimum Gasteiger partial charge on any atom is -0.124 e. The number of unbranched alkanes of at least 4 members (excludes halogenated alkanes) is 1. The number of hydrogen-bond donors (Lipinski definition) is 0. The van der Waals surface area contributed by atoms with Crippen LogP contribution in [0, 0.1) is 18.8 Å². The van der Waals surface area contributed by atoms with E-state index in [0.717, 1.165) is 5.92 Å². The maximum Gasteiger partial charge on any atom is -0.0443 e. The van der Waals surface area contributed by atoms with Crippen molar-refractivity contribution in [2.45, 2.75) is 60.3 Å². The van der Waals surface area contributed by atoms with Crippen molar-refractivity contribution in [3.63, 3.8) is 0 Å². The summed E-state index contributed by atoms with van der Waals surface area (Å²) in [5.41, 5.74) is 0. The van der Waals surface area contributed by atoms with Crippen LogP contribution in [0.1, 0.15) is 60.3 Å². The van der Waals surface area contributed by atoms with Gasteiger partial charge in [0.25, 0.3) is 0 Å². The first kappa shape index (κ1) is 17.6. The molecule has 1 atom stereocenters. The van der Waals surface area contributed by atoms with Crippen LogP contribution in [-0.2, 0) is 0 Å². The molecule has 0 heterocycles. The van der Waals surface area contributed by atoms with E-state index in [9.17, 15) is 0 Å². The molecule has 0 N–H and O–H groups in total. The first-order chi connectivity index (χ1) is 5.31. The molecule has 0 saturated carbocycles.